The average Bonchev–Trinajstić information content (AvgIpc) is 2.94. The van der Waals surface area contributed by atoms with Gasteiger partial charge in [-0.25, -0.2) is 4.98 Å². The first kappa shape index (κ1) is 14.3. The molecule has 1 fully saturated rings. The molecule has 0 aliphatic carbocycles. The molecule has 0 radical (unpaired) electrons. The first-order valence-corrected chi connectivity index (χ1v) is 7.20. The van der Waals surface area contributed by atoms with Crippen molar-refractivity contribution >= 4 is 5.82 Å². The van der Waals surface area contributed by atoms with Gasteiger partial charge >= 0.3 is 0 Å². The summed E-state index contributed by atoms with van der Waals surface area (Å²) in [6, 6.07) is 4.77. The third kappa shape index (κ3) is 3.67. The fourth-order valence-electron chi connectivity index (χ4n) is 2.37. The molecule has 0 bridgehead atoms. The van der Waals surface area contributed by atoms with Gasteiger partial charge in [-0.1, -0.05) is 13.0 Å². The molecule has 19 heavy (non-hydrogen) atoms. The van der Waals surface area contributed by atoms with Crippen LogP contribution in [0.4, 0.5) is 5.82 Å². The number of aromatic nitrogens is 1. The highest BCUT2D eigenvalue weighted by Gasteiger charge is 2.21. The number of likely N-dealkylation sites (N-methyl/N-ethyl adjacent to an activating group) is 1. The van der Waals surface area contributed by atoms with Gasteiger partial charge in [-0.05, 0) is 37.9 Å². The first-order chi connectivity index (χ1) is 9.22. The molecule has 1 saturated heterocycles. The van der Waals surface area contributed by atoms with Crippen LogP contribution in [0, 0.1) is 6.92 Å². The zero-order valence-electron chi connectivity index (χ0n) is 12.3. The molecule has 4 nitrogen and oxygen atoms in total. The Morgan fingerprint density at radius 1 is 1.47 bits per heavy atom. The summed E-state index contributed by atoms with van der Waals surface area (Å²) in [6.07, 6.45) is 2.26. The maximum atomic E-state index is 5.44. The summed E-state index contributed by atoms with van der Waals surface area (Å²) in [5, 5.41) is 3.42. The number of rotatable bonds is 6. The van der Waals surface area contributed by atoms with Crippen molar-refractivity contribution in [2.75, 3.05) is 31.7 Å². The van der Waals surface area contributed by atoms with Crippen LogP contribution in [-0.2, 0) is 11.3 Å². The number of hydrogen-bond acceptors (Lipinski definition) is 4. The number of hydrogen-bond donors (Lipinski definition) is 1. The standard InChI is InChI=1S/C15H25N3O/c1-4-8-16-10-13-5-6-15(17-12(13)2)18(3)14-7-9-19-11-14/h5-6,14,16H,4,7-11H2,1-3H3. The molecule has 1 unspecified atom stereocenters. The van der Waals surface area contributed by atoms with Crippen LogP contribution in [0.1, 0.15) is 31.0 Å². The van der Waals surface area contributed by atoms with Gasteiger partial charge < -0.3 is 15.0 Å². The monoisotopic (exact) mass is 263 g/mol. The molecule has 1 aromatic rings. The van der Waals surface area contributed by atoms with Crippen molar-refractivity contribution in [3.8, 4) is 0 Å². The Bertz CT molecular complexity index is 402. The van der Waals surface area contributed by atoms with Crippen LogP contribution in [-0.4, -0.2) is 37.8 Å². The maximum Gasteiger partial charge on any atom is 0.128 e. The van der Waals surface area contributed by atoms with Gasteiger partial charge in [0, 0.05) is 25.9 Å². The molecule has 1 atom stereocenters. The summed E-state index contributed by atoms with van der Waals surface area (Å²) >= 11 is 0. The van der Waals surface area contributed by atoms with E-state index in [1.165, 1.54) is 5.56 Å². The zero-order chi connectivity index (χ0) is 13.7. The van der Waals surface area contributed by atoms with Crippen LogP contribution in [0.2, 0.25) is 0 Å². The molecule has 0 amide bonds. The molecule has 1 N–H and O–H groups in total. The minimum absolute atomic E-state index is 0.468. The molecule has 2 rings (SSSR count). The third-order valence-corrected chi connectivity index (χ3v) is 3.74. The van der Waals surface area contributed by atoms with Crippen molar-refractivity contribution in [1.82, 2.24) is 10.3 Å². The lowest BCUT2D eigenvalue weighted by molar-refractivity contribution is 0.193. The van der Waals surface area contributed by atoms with Crippen molar-refractivity contribution in [3.63, 3.8) is 0 Å². The Labute approximate surface area is 116 Å². The highest BCUT2D eigenvalue weighted by atomic mass is 16.5. The zero-order valence-corrected chi connectivity index (χ0v) is 12.3. The van der Waals surface area contributed by atoms with Crippen LogP contribution < -0.4 is 10.2 Å². The SMILES string of the molecule is CCCNCc1ccc(N(C)C2CCOC2)nc1C. The predicted molar refractivity (Wildman–Crippen MR) is 78.6 cm³/mol. The van der Waals surface area contributed by atoms with Gasteiger partial charge in [-0.3, -0.25) is 0 Å². The summed E-state index contributed by atoms with van der Waals surface area (Å²) in [6.45, 7) is 7.92. The van der Waals surface area contributed by atoms with Gasteiger partial charge in [0.2, 0.25) is 0 Å². The normalized spacial score (nSPS) is 18.8. The van der Waals surface area contributed by atoms with Crippen LogP contribution in [0.15, 0.2) is 12.1 Å². The molecular formula is C15H25N3O. The lowest BCUT2D eigenvalue weighted by Gasteiger charge is -2.25. The van der Waals surface area contributed by atoms with E-state index in [4.69, 9.17) is 9.72 Å². The lowest BCUT2D eigenvalue weighted by atomic mass is 10.2. The second-order valence-electron chi connectivity index (χ2n) is 5.22. The summed E-state index contributed by atoms with van der Waals surface area (Å²) in [4.78, 5) is 6.97. The van der Waals surface area contributed by atoms with Crippen LogP contribution in [0.3, 0.4) is 0 Å². The Morgan fingerprint density at radius 3 is 2.95 bits per heavy atom. The van der Waals surface area contributed by atoms with E-state index >= 15 is 0 Å². The Morgan fingerprint density at radius 2 is 2.32 bits per heavy atom. The Kier molecular flexibility index (Phi) is 5.16. The quantitative estimate of drug-likeness (QED) is 0.798. The summed E-state index contributed by atoms with van der Waals surface area (Å²) in [7, 11) is 2.11. The number of nitrogens with one attached hydrogen (secondary N) is 1. The predicted octanol–water partition coefficient (Wildman–Crippen LogP) is 2.11. The summed E-state index contributed by atoms with van der Waals surface area (Å²) in [5.74, 6) is 1.05. The molecule has 2 heterocycles. The molecule has 4 heteroatoms. The van der Waals surface area contributed by atoms with E-state index in [1.807, 2.05) is 0 Å². The average molecular weight is 263 g/mol. The number of nitrogens with zero attached hydrogens (tertiary/aromatic N) is 2. The highest BCUT2D eigenvalue weighted by Crippen LogP contribution is 2.19. The minimum Gasteiger partial charge on any atom is -0.379 e. The van der Waals surface area contributed by atoms with Gasteiger partial charge in [0.15, 0.2) is 0 Å². The van der Waals surface area contributed by atoms with Gasteiger partial charge in [-0.15, -0.1) is 0 Å². The van der Waals surface area contributed by atoms with E-state index in [0.29, 0.717) is 6.04 Å². The van der Waals surface area contributed by atoms with Crippen molar-refractivity contribution in [2.45, 2.75) is 39.3 Å². The van der Waals surface area contributed by atoms with E-state index in [0.717, 1.165) is 50.7 Å². The van der Waals surface area contributed by atoms with Crippen molar-refractivity contribution in [2.24, 2.45) is 0 Å². The van der Waals surface area contributed by atoms with Crippen LogP contribution in [0.25, 0.3) is 0 Å². The van der Waals surface area contributed by atoms with Crippen LogP contribution in [0.5, 0.6) is 0 Å². The number of aryl methyl sites for hydroxylation is 1. The molecule has 0 spiro atoms. The molecule has 0 saturated carbocycles. The number of ether oxygens (including phenoxy) is 1. The summed E-state index contributed by atoms with van der Waals surface area (Å²) < 4.78 is 5.44. The maximum absolute atomic E-state index is 5.44. The van der Waals surface area contributed by atoms with Crippen molar-refractivity contribution in [1.29, 1.82) is 0 Å². The topological polar surface area (TPSA) is 37.4 Å². The highest BCUT2D eigenvalue weighted by molar-refractivity contribution is 5.42. The molecule has 106 valence electrons. The second-order valence-corrected chi connectivity index (χ2v) is 5.22. The van der Waals surface area contributed by atoms with E-state index in [1.54, 1.807) is 0 Å². The van der Waals surface area contributed by atoms with Gasteiger partial charge in [0.25, 0.3) is 0 Å². The fraction of sp³-hybridized carbons (Fsp3) is 0.667. The van der Waals surface area contributed by atoms with Gasteiger partial charge in [0.1, 0.15) is 5.82 Å². The van der Waals surface area contributed by atoms with E-state index < -0.39 is 0 Å². The van der Waals surface area contributed by atoms with E-state index in [9.17, 15) is 0 Å². The number of pyridine rings is 1. The van der Waals surface area contributed by atoms with Crippen molar-refractivity contribution < 1.29 is 4.74 Å². The Hall–Kier alpha value is -1.13. The third-order valence-electron chi connectivity index (χ3n) is 3.74. The Balaban J connectivity index is 2.00. The minimum atomic E-state index is 0.468. The smallest absolute Gasteiger partial charge is 0.128 e. The molecule has 1 aliphatic rings. The molecular weight excluding hydrogens is 238 g/mol. The first-order valence-electron chi connectivity index (χ1n) is 7.20. The molecule has 1 aliphatic heterocycles. The van der Waals surface area contributed by atoms with Gasteiger partial charge in [-0.2, -0.15) is 0 Å². The van der Waals surface area contributed by atoms with Crippen molar-refractivity contribution in [3.05, 3.63) is 23.4 Å². The number of anilines is 1. The molecule has 0 aromatic carbocycles. The summed E-state index contributed by atoms with van der Waals surface area (Å²) in [5.41, 5.74) is 2.40. The van der Waals surface area contributed by atoms with Gasteiger partial charge in [0.05, 0.1) is 12.6 Å². The largest absolute Gasteiger partial charge is 0.379 e. The van der Waals surface area contributed by atoms with E-state index in [-0.39, 0.29) is 0 Å². The van der Waals surface area contributed by atoms with Crippen LogP contribution >= 0.6 is 0 Å². The fourth-order valence-corrected chi connectivity index (χ4v) is 2.37. The second kappa shape index (κ2) is 6.87. The molecule has 1 aromatic heterocycles. The lowest BCUT2D eigenvalue weighted by Crippen LogP contribution is -2.32. The van der Waals surface area contributed by atoms with E-state index in [2.05, 4.69) is 43.2 Å².